The molecule has 8 heteroatoms. The van der Waals surface area contributed by atoms with Gasteiger partial charge in [-0.2, -0.15) is 0 Å². The molecule has 5 rings (SSSR count). The quantitative estimate of drug-likeness (QED) is 0.142. The third-order valence-corrected chi connectivity index (χ3v) is 6.10. The summed E-state index contributed by atoms with van der Waals surface area (Å²) in [6, 6.07) is 35.7. The molecule has 0 spiro atoms. The molecule has 0 aliphatic carbocycles. The summed E-state index contributed by atoms with van der Waals surface area (Å²) in [5.74, 6) is -4.23. The van der Waals surface area contributed by atoms with Crippen LogP contribution in [0.15, 0.2) is 133 Å². The summed E-state index contributed by atoms with van der Waals surface area (Å²) in [5.41, 5.74) is 1.22. The standard InChI is InChI=1S/C35H24O8/c36-32(40-23-24-13-5-1-6-14-24)28-21-29(41-33(37)25-15-7-2-8-16-25)31(43-35(39)27-19-11-4-12-20-27)30(22-28)42-34(38)26-17-9-3-10-18-26/h1-22H,23H2. The summed E-state index contributed by atoms with van der Waals surface area (Å²) in [5, 5.41) is 0. The fourth-order valence-corrected chi connectivity index (χ4v) is 3.95. The van der Waals surface area contributed by atoms with E-state index in [9.17, 15) is 19.2 Å². The lowest BCUT2D eigenvalue weighted by atomic mass is 10.1. The summed E-state index contributed by atoms with van der Waals surface area (Å²) in [6.45, 7) is -0.0390. The molecule has 0 fully saturated rings. The molecule has 0 N–H and O–H groups in total. The van der Waals surface area contributed by atoms with Crippen molar-refractivity contribution < 1.29 is 38.1 Å². The van der Waals surface area contributed by atoms with Crippen LogP contribution in [0.5, 0.6) is 17.2 Å². The summed E-state index contributed by atoms with van der Waals surface area (Å²) < 4.78 is 22.4. The minimum Gasteiger partial charge on any atom is -0.457 e. The third kappa shape index (κ3) is 7.39. The molecule has 0 bridgehead atoms. The van der Waals surface area contributed by atoms with Gasteiger partial charge >= 0.3 is 23.9 Å². The number of rotatable bonds is 9. The molecular weight excluding hydrogens is 548 g/mol. The molecule has 0 atom stereocenters. The summed E-state index contributed by atoms with van der Waals surface area (Å²) >= 11 is 0. The fraction of sp³-hybridized carbons (Fsp3) is 0.0286. The maximum Gasteiger partial charge on any atom is 0.343 e. The van der Waals surface area contributed by atoms with Gasteiger partial charge in [0, 0.05) is 0 Å². The summed E-state index contributed by atoms with van der Waals surface area (Å²) in [4.78, 5) is 52.5. The van der Waals surface area contributed by atoms with Crippen molar-refractivity contribution in [3.05, 3.63) is 161 Å². The second kappa shape index (κ2) is 13.6. The van der Waals surface area contributed by atoms with Crippen molar-refractivity contribution in [2.45, 2.75) is 6.61 Å². The Morgan fingerprint density at radius 2 is 0.791 bits per heavy atom. The van der Waals surface area contributed by atoms with E-state index >= 15 is 0 Å². The molecule has 0 amide bonds. The highest BCUT2D eigenvalue weighted by Crippen LogP contribution is 2.40. The first-order valence-electron chi connectivity index (χ1n) is 13.2. The van der Waals surface area contributed by atoms with Crippen LogP contribution in [-0.2, 0) is 11.3 Å². The molecule has 8 nitrogen and oxygen atoms in total. The summed E-state index contributed by atoms with van der Waals surface area (Å²) in [7, 11) is 0. The van der Waals surface area contributed by atoms with Gasteiger partial charge in [0.15, 0.2) is 11.5 Å². The number of carbonyl (C=O) groups excluding carboxylic acids is 4. The van der Waals surface area contributed by atoms with Crippen molar-refractivity contribution in [2.24, 2.45) is 0 Å². The number of ether oxygens (including phenoxy) is 4. The highest BCUT2D eigenvalue weighted by Gasteiger charge is 2.26. The lowest BCUT2D eigenvalue weighted by Gasteiger charge is -2.16. The number of esters is 4. The van der Waals surface area contributed by atoms with Crippen LogP contribution < -0.4 is 14.2 Å². The molecule has 0 unspecified atom stereocenters. The van der Waals surface area contributed by atoms with Gasteiger partial charge in [0.2, 0.25) is 5.75 Å². The Kier molecular flexibility index (Phi) is 8.99. The van der Waals surface area contributed by atoms with Gasteiger partial charge in [-0.1, -0.05) is 84.9 Å². The lowest BCUT2D eigenvalue weighted by Crippen LogP contribution is -2.16. The number of hydrogen-bond acceptors (Lipinski definition) is 8. The predicted molar refractivity (Wildman–Crippen MR) is 156 cm³/mol. The Bertz CT molecular complexity index is 1660. The fourth-order valence-electron chi connectivity index (χ4n) is 3.95. The largest absolute Gasteiger partial charge is 0.457 e. The third-order valence-electron chi connectivity index (χ3n) is 6.10. The highest BCUT2D eigenvalue weighted by molar-refractivity contribution is 5.97. The van der Waals surface area contributed by atoms with Crippen LogP contribution in [0, 0.1) is 0 Å². The molecule has 0 heterocycles. The van der Waals surface area contributed by atoms with Crippen LogP contribution in [0.1, 0.15) is 47.0 Å². The first kappa shape index (κ1) is 28.5. The second-order valence-electron chi connectivity index (χ2n) is 9.13. The zero-order chi connectivity index (χ0) is 30.0. The molecule has 0 aromatic heterocycles. The van der Waals surface area contributed by atoms with Crippen LogP contribution in [0.4, 0.5) is 0 Å². The molecule has 0 saturated heterocycles. The predicted octanol–water partition coefficient (Wildman–Crippen LogP) is 6.70. The zero-order valence-corrected chi connectivity index (χ0v) is 22.7. The Hall–Kier alpha value is -6.02. The van der Waals surface area contributed by atoms with Gasteiger partial charge < -0.3 is 18.9 Å². The van der Waals surface area contributed by atoms with Crippen LogP contribution in [0.25, 0.3) is 0 Å². The van der Waals surface area contributed by atoms with E-state index in [-0.39, 0.29) is 46.1 Å². The van der Waals surface area contributed by atoms with Gasteiger partial charge in [-0.05, 0) is 54.1 Å². The average Bonchev–Trinajstić information content (AvgIpc) is 3.06. The van der Waals surface area contributed by atoms with Crippen molar-refractivity contribution in [3.8, 4) is 17.2 Å². The molecule has 43 heavy (non-hydrogen) atoms. The van der Waals surface area contributed by atoms with Crippen molar-refractivity contribution >= 4 is 23.9 Å². The van der Waals surface area contributed by atoms with Gasteiger partial charge in [0.25, 0.3) is 0 Å². The normalized spacial score (nSPS) is 10.3. The zero-order valence-electron chi connectivity index (χ0n) is 22.7. The van der Waals surface area contributed by atoms with E-state index in [1.165, 1.54) is 48.5 Å². The van der Waals surface area contributed by atoms with E-state index in [2.05, 4.69) is 0 Å². The Labute approximate surface area is 247 Å². The Morgan fingerprint density at radius 1 is 0.419 bits per heavy atom. The van der Waals surface area contributed by atoms with Gasteiger partial charge in [-0.15, -0.1) is 0 Å². The molecule has 0 radical (unpaired) electrons. The van der Waals surface area contributed by atoms with Crippen molar-refractivity contribution in [3.63, 3.8) is 0 Å². The first-order valence-corrected chi connectivity index (χ1v) is 13.2. The van der Waals surface area contributed by atoms with E-state index in [1.54, 1.807) is 78.9 Å². The number of hydrogen-bond donors (Lipinski definition) is 0. The van der Waals surface area contributed by atoms with E-state index in [4.69, 9.17) is 18.9 Å². The van der Waals surface area contributed by atoms with Gasteiger partial charge in [0.1, 0.15) is 6.61 Å². The minimum absolute atomic E-state index is 0.0390. The van der Waals surface area contributed by atoms with Crippen LogP contribution in [0.2, 0.25) is 0 Å². The monoisotopic (exact) mass is 572 g/mol. The average molecular weight is 573 g/mol. The smallest absolute Gasteiger partial charge is 0.343 e. The van der Waals surface area contributed by atoms with Crippen LogP contribution in [-0.4, -0.2) is 23.9 Å². The van der Waals surface area contributed by atoms with E-state index in [0.717, 1.165) is 5.56 Å². The van der Waals surface area contributed by atoms with E-state index in [0.29, 0.717) is 0 Å². The lowest BCUT2D eigenvalue weighted by molar-refractivity contribution is 0.0469. The highest BCUT2D eigenvalue weighted by atomic mass is 16.6. The number of carbonyl (C=O) groups is 4. The second-order valence-corrected chi connectivity index (χ2v) is 9.13. The first-order chi connectivity index (χ1) is 21.0. The SMILES string of the molecule is O=C(OCc1ccccc1)c1cc(OC(=O)c2ccccc2)c(OC(=O)c2ccccc2)c(OC(=O)c2ccccc2)c1. The molecule has 212 valence electrons. The van der Waals surface area contributed by atoms with Crippen LogP contribution >= 0.6 is 0 Å². The Morgan fingerprint density at radius 3 is 1.21 bits per heavy atom. The molecular formula is C35H24O8. The maximum absolute atomic E-state index is 13.2. The van der Waals surface area contributed by atoms with E-state index in [1.807, 2.05) is 6.07 Å². The van der Waals surface area contributed by atoms with Gasteiger partial charge in [-0.3, -0.25) is 0 Å². The van der Waals surface area contributed by atoms with Crippen molar-refractivity contribution in [1.82, 2.24) is 0 Å². The molecule has 0 saturated carbocycles. The van der Waals surface area contributed by atoms with Crippen molar-refractivity contribution in [1.29, 1.82) is 0 Å². The molecule has 0 aliphatic heterocycles. The Balaban J connectivity index is 1.56. The summed E-state index contributed by atoms with van der Waals surface area (Å²) in [6.07, 6.45) is 0. The van der Waals surface area contributed by atoms with Gasteiger partial charge in [0.05, 0.1) is 22.3 Å². The van der Waals surface area contributed by atoms with Crippen molar-refractivity contribution in [2.75, 3.05) is 0 Å². The number of benzene rings is 5. The van der Waals surface area contributed by atoms with E-state index < -0.39 is 23.9 Å². The minimum atomic E-state index is -0.811. The molecule has 5 aromatic rings. The maximum atomic E-state index is 13.2. The molecule has 0 aliphatic rings. The molecule has 5 aromatic carbocycles. The van der Waals surface area contributed by atoms with Gasteiger partial charge in [-0.25, -0.2) is 19.2 Å². The van der Waals surface area contributed by atoms with Crippen LogP contribution in [0.3, 0.4) is 0 Å². The topological polar surface area (TPSA) is 105 Å².